The van der Waals surface area contributed by atoms with Gasteiger partial charge in [0.2, 0.25) is 0 Å². The summed E-state index contributed by atoms with van der Waals surface area (Å²) in [6.45, 7) is 14.8. The molecule has 0 aliphatic carbocycles. The van der Waals surface area contributed by atoms with E-state index in [1.165, 1.54) is 0 Å². The van der Waals surface area contributed by atoms with Gasteiger partial charge in [-0.25, -0.2) is 0 Å². The summed E-state index contributed by atoms with van der Waals surface area (Å²) < 4.78 is 5.38. The molecule has 0 aromatic heterocycles. The quantitative estimate of drug-likeness (QED) is 0.756. The normalized spacial score (nSPS) is 22.8. The van der Waals surface area contributed by atoms with Crippen LogP contribution in [0.3, 0.4) is 0 Å². The maximum Gasteiger partial charge on any atom is 0.0594 e. The average Bonchev–Trinajstić information content (AvgIpc) is 2.16. The van der Waals surface area contributed by atoms with Crippen molar-refractivity contribution in [1.29, 1.82) is 0 Å². The predicted molar refractivity (Wildman–Crippen MR) is 63.9 cm³/mol. The summed E-state index contributed by atoms with van der Waals surface area (Å²) in [5.74, 6) is 0. The Balaban J connectivity index is 2.71. The van der Waals surface area contributed by atoms with E-state index in [2.05, 4.69) is 39.5 Å². The second kappa shape index (κ2) is 4.40. The number of nitrogens with two attached hydrogens (primary N) is 1. The Morgan fingerprint density at radius 2 is 1.53 bits per heavy atom. The van der Waals surface area contributed by atoms with Gasteiger partial charge in [-0.05, 0) is 19.3 Å². The van der Waals surface area contributed by atoms with E-state index in [4.69, 9.17) is 10.5 Å². The minimum atomic E-state index is 0.0437. The Kier molecular flexibility index (Phi) is 3.80. The molecule has 1 atom stereocenters. The van der Waals surface area contributed by atoms with Crippen LogP contribution in [0.4, 0.5) is 0 Å². The molecule has 15 heavy (non-hydrogen) atoms. The molecule has 1 rings (SSSR count). The van der Waals surface area contributed by atoms with Gasteiger partial charge in [-0.3, -0.25) is 4.90 Å². The van der Waals surface area contributed by atoms with Gasteiger partial charge in [-0.15, -0.1) is 0 Å². The van der Waals surface area contributed by atoms with Crippen molar-refractivity contribution in [2.24, 2.45) is 11.1 Å². The van der Waals surface area contributed by atoms with Crippen LogP contribution in [0.2, 0.25) is 0 Å². The third kappa shape index (κ3) is 2.92. The minimum absolute atomic E-state index is 0.0437. The van der Waals surface area contributed by atoms with Crippen LogP contribution in [-0.2, 0) is 4.74 Å². The van der Waals surface area contributed by atoms with E-state index in [1.54, 1.807) is 0 Å². The van der Waals surface area contributed by atoms with Crippen molar-refractivity contribution in [3.05, 3.63) is 0 Å². The first-order valence-corrected chi connectivity index (χ1v) is 5.84. The van der Waals surface area contributed by atoms with E-state index >= 15 is 0 Å². The average molecular weight is 214 g/mol. The summed E-state index contributed by atoms with van der Waals surface area (Å²) in [5.41, 5.74) is 6.56. The van der Waals surface area contributed by atoms with Gasteiger partial charge < -0.3 is 10.5 Å². The number of nitrogens with zero attached hydrogens (tertiary/aromatic N) is 1. The largest absolute Gasteiger partial charge is 0.379 e. The summed E-state index contributed by atoms with van der Waals surface area (Å²) in [6, 6.07) is 0.170. The summed E-state index contributed by atoms with van der Waals surface area (Å²) >= 11 is 0. The van der Waals surface area contributed by atoms with Gasteiger partial charge in [0.15, 0.2) is 0 Å². The lowest BCUT2D eigenvalue weighted by molar-refractivity contribution is -0.0322. The Bertz CT molecular complexity index is 202. The standard InChI is InChI=1S/C12H26N2O/c1-11(2,3)10(13)12(4,5)14-6-8-15-9-7-14/h10H,6-9,13H2,1-5H3. The molecular formula is C12H26N2O. The SMILES string of the molecule is CC(C)(C)C(N)C(C)(C)N1CCOCC1. The molecule has 1 fully saturated rings. The van der Waals surface area contributed by atoms with Gasteiger partial charge in [0.25, 0.3) is 0 Å². The van der Waals surface area contributed by atoms with Crippen LogP contribution in [0.1, 0.15) is 34.6 Å². The molecule has 0 radical (unpaired) electrons. The van der Waals surface area contributed by atoms with Crippen molar-refractivity contribution >= 4 is 0 Å². The highest BCUT2D eigenvalue weighted by Gasteiger charge is 2.39. The highest BCUT2D eigenvalue weighted by molar-refractivity contribution is 4.98. The maximum atomic E-state index is 6.38. The molecule has 0 spiro atoms. The van der Waals surface area contributed by atoms with E-state index in [9.17, 15) is 0 Å². The molecular weight excluding hydrogens is 188 g/mol. The fraction of sp³-hybridized carbons (Fsp3) is 1.00. The molecule has 0 saturated carbocycles. The van der Waals surface area contributed by atoms with Crippen molar-refractivity contribution in [2.45, 2.75) is 46.2 Å². The Morgan fingerprint density at radius 1 is 1.07 bits per heavy atom. The summed E-state index contributed by atoms with van der Waals surface area (Å²) in [7, 11) is 0. The number of hydrogen-bond donors (Lipinski definition) is 1. The summed E-state index contributed by atoms with van der Waals surface area (Å²) in [5, 5.41) is 0. The predicted octanol–water partition coefficient (Wildman–Crippen LogP) is 1.47. The first kappa shape index (κ1) is 12.9. The van der Waals surface area contributed by atoms with Crippen LogP contribution < -0.4 is 5.73 Å². The highest BCUT2D eigenvalue weighted by Crippen LogP contribution is 2.30. The third-order valence-electron chi connectivity index (χ3n) is 3.52. The van der Waals surface area contributed by atoms with E-state index in [1.807, 2.05) is 0 Å². The molecule has 0 aromatic rings. The zero-order chi connectivity index (χ0) is 11.7. The van der Waals surface area contributed by atoms with Crippen LogP contribution in [0, 0.1) is 5.41 Å². The molecule has 0 amide bonds. The number of ether oxygens (including phenoxy) is 1. The van der Waals surface area contributed by atoms with Crippen LogP contribution in [0.15, 0.2) is 0 Å². The van der Waals surface area contributed by atoms with E-state index < -0.39 is 0 Å². The van der Waals surface area contributed by atoms with Crippen LogP contribution >= 0.6 is 0 Å². The van der Waals surface area contributed by atoms with Crippen LogP contribution in [0.5, 0.6) is 0 Å². The molecule has 3 nitrogen and oxygen atoms in total. The first-order chi connectivity index (χ1) is 6.76. The van der Waals surface area contributed by atoms with E-state index in [0.29, 0.717) is 0 Å². The van der Waals surface area contributed by atoms with Crippen LogP contribution in [-0.4, -0.2) is 42.8 Å². The first-order valence-electron chi connectivity index (χ1n) is 5.84. The maximum absolute atomic E-state index is 6.38. The molecule has 0 aromatic carbocycles. The topological polar surface area (TPSA) is 38.5 Å². The lowest BCUT2D eigenvalue weighted by atomic mass is 9.75. The smallest absolute Gasteiger partial charge is 0.0594 e. The lowest BCUT2D eigenvalue weighted by Crippen LogP contribution is -2.62. The second-order valence-electron chi connectivity index (χ2n) is 6.10. The molecule has 1 heterocycles. The van der Waals surface area contributed by atoms with Crippen molar-refractivity contribution < 1.29 is 4.74 Å². The zero-order valence-corrected chi connectivity index (χ0v) is 10.8. The van der Waals surface area contributed by atoms with Crippen molar-refractivity contribution in [3.63, 3.8) is 0 Å². The van der Waals surface area contributed by atoms with Gasteiger partial charge in [0.1, 0.15) is 0 Å². The number of rotatable bonds is 2. The number of hydrogen-bond acceptors (Lipinski definition) is 3. The Hall–Kier alpha value is -0.120. The van der Waals surface area contributed by atoms with Gasteiger partial charge in [0, 0.05) is 24.7 Å². The van der Waals surface area contributed by atoms with Gasteiger partial charge in [-0.2, -0.15) is 0 Å². The molecule has 1 aliphatic rings. The molecule has 1 unspecified atom stereocenters. The fourth-order valence-electron chi connectivity index (χ4n) is 2.40. The zero-order valence-electron chi connectivity index (χ0n) is 10.8. The van der Waals surface area contributed by atoms with Crippen molar-refractivity contribution in [1.82, 2.24) is 4.90 Å². The third-order valence-corrected chi connectivity index (χ3v) is 3.52. The molecule has 2 N–H and O–H groups in total. The van der Waals surface area contributed by atoms with Crippen molar-refractivity contribution in [3.8, 4) is 0 Å². The summed E-state index contributed by atoms with van der Waals surface area (Å²) in [4.78, 5) is 2.45. The Morgan fingerprint density at radius 3 is 1.93 bits per heavy atom. The molecule has 90 valence electrons. The van der Waals surface area contributed by atoms with E-state index in [-0.39, 0.29) is 17.0 Å². The Labute approximate surface area is 94.0 Å². The lowest BCUT2D eigenvalue weighted by Gasteiger charge is -2.48. The highest BCUT2D eigenvalue weighted by atomic mass is 16.5. The minimum Gasteiger partial charge on any atom is -0.379 e. The summed E-state index contributed by atoms with van der Waals surface area (Å²) in [6.07, 6.45) is 0. The van der Waals surface area contributed by atoms with E-state index in [0.717, 1.165) is 26.3 Å². The molecule has 0 bridgehead atoms. The molecule has 1 aliphatic heterocycles. The molecule has 3 heteroatoms. The number of morpholine rings is 1. The second-order valence-corrected chi connectivity index (χ2v) is 6.10. The van der Waals surface area contributed by atoms with Gasteiger partial charge in [-0.1, -0.05) is 20.8 Å². The monoisotopic (exact) mass is 214 g/mol. The molecule has 1 saturated heterocycles. The van der Waals surface area contributed by atoms with Gasteiger partial charge >= 0.3 is 0 Å². The van der Waals surface area contributed by atoms with Crippen LogP contribution in [0.25, 0.3) is 0 Å². The fourth-order valence-corrected chi connectivity index (χ4v) is 2.40. The van der Waals surface area contributed by atoms with Crippen molar-refractivity contribution in [2.75, 3.05) is 26.3 Å². The van der Waals surface area contributed by atoms with Gasteiger partial charge in [0.05, 0.1) is 13.2 Å².